The number of nitrogens with zero attached hydrogens (tertiary/aromatic N) is 5. The topological polar surface area (TPSA) is 68.5 Å². The van der Waals surface area contributed by atoms with Crippen LogP contribution in [0, 0.1) is 6.92 Å². The number of aryl methyl sites for hydroxylation is 2. The van der Waals surface area contributed by atoms with E-state index in [1.54, 1.807) is 12.5 Å². The molecule has 2 aromatic heterocycles. The van der Waals surface area contributed by atoms with Crippen molar-refractivity contribution in [1.82, 2.24) is 24.7 Å². The average molecular weight is 280 g/mol. The van der Waals surface area contributed by atoms with Crippen LogP contribution < -0.4 is 5.32 Å². The predicted octanol–water partition coefficient (Wildman–Crippen LogP) is 2.19. The summed E-state index contributed by atoms with van der Waals surface area (Å²) < 4.78 is 1.89. The average Bonchev–Trinajstić information content (AvgIpc) is 2.92. The van der Waals surface area contributed by atoms with E-state index in [9.17, 15) is 0 Å². The SMILES string of the molecule is Cc1nccc(CNc2ccc(-c3nncn3C)cc2)n1. The highest BCUT2D eigenvalue weighted by Gasteiger charge is 2.04. The van der Waals surface area contributed by atoms with Crippen molar-refractivity contribution in [3.8, 4) is 11.4 Å². The first-order chi connectivity index (χ1) is 10.2. The predicted molar refractivity (Wildman–Crippen MR) is 80.5 cm³/mol. The van der Waals surface area contributed by atoms with Crippen LogP contribution in [0.4, 0.5) is 5.69 Å². The molecule has 0 aliphatic heterocycles. The number of aromatic nitrogens is 5. The molecule has 0 aliphatic rings. The molecule has 1 N–H and O–H groups in total. The summed E-state index contributed by atoms with van der Waals surface area (Å²) in [6.07, 6.45) is 3.47. The maximum absolute atomic E-state index is 4.36. The van der Waals surface area contributed by atoms with Gasteiger partial charge in [-0.25, -0.2) is 9.97 Å². The van der Waals surface area contributed by atoms with Gasteiger partial charge >= 0.3 is 0 Å². The first-order valence-corrected chi connectivity index (χ1v) is 6.69. The summed E-state index contributed by atoms with van der Waals surface area (Å²) in [5.41, 5.74) is 3.05. The molecule has 0 spiro atoms. The molecular formula is C15H16N6. The van der Waals surface area contributed by atoms with Gasteiger partial charge in [0, 0.05) is 24.5 Å². The van der Waals surface area contributed by atoms with Crippen LogP contribution in [0.1, 0.15) is 11.5 Å². The Kier molecular flexibility index (Phi) is 3.59. The number of hydrogen-bond donors (Lipinski definition) is 1. The molecule has 3 rings (SSSR count). The van der Waals surface area contributed by atoms with Crippen molar-refractivity contribution in [1.29, 1.82) is 0 Å². The van der Waals surface area contributed by atoms with Crippen molar-refractivity contribution < 1.29 is 0 Å². The minimum Gasteiger partial charge on any atom is -0.379 e. The molecule has 0 bridgehead atoms. The Balaban J connectivity index is 1.69. The third kappa shape index (κ3) is 3.05. The molecule has 0 atom stereocenters. The Labute approximate surface area is 122 Å². The van der Waals surface area contributed by atoms with Crippen LogP contribution in [-0.2, 0) is 13.6 Å². The lowest BCUT2D eigenvalue weighted by Gasteiger charge is -2.07. The summed E-state index contributed by atoms with van der Waals surface area (Å²) in [5.74, 6) is 1.64. The number of hydrogen-bond acceptors (Lipinski definition) is 5. The van der Waals surface area contributed by atoms with Gasteiger partial charge in [0.15, 0.2) is 5.82 Å². The molecule has 106 valence electrons. The van der Waals surface area contributed by atoms with Crippen LogP contribution in [0.5, 0.6) is 0 Å². The monoisotopic (exact) mass is 280 g/mol. The smallest absolute Gasteiger partial charge is 0.163 e. The molecule has 0 fully saturated rings. The van der Waals surface area contributed by atoms with Gasteiger partial charge < -0.3 is 9.88 Å². The summed E-state index contributed by atoms with van der Waals surface area (Å²) in [4.78, 5) is 8.45. The van der Waals surface area contributed by atoms with Crippen LogP contribution in [-0.4, -0.2) is 24.7 Å². The summed E-state index contributed by atoms with van der Waals surface area (Å²) >= 11 is 0. The van der Waals surface area contributed by atoms with Crippen LogP contribution in [0.15, 0.2) is 42.9 Å². The Morgan fingerprint density at radius 1 is 1.14 bits per heavy atom. The van der Waals surface area contributed by atoms with Gasteiger partial charge in [0.2, 0.25) is 0 Å². The van der Waals surface area contributed by atoms with E-state index < -0.39 is 0 Å². The highest BCUT2D eigenvalue weighted by molar-refractivity contribution is 5.59. The summed E-state index contributed by atoms with van der Waals surface area (Å²) in [5, 5.41) is 11.3. The Morgan fingerprint density at radius 3 is 2.62 bits per heavy atom. The molecule has 0 radical (unpaired) electrons. The molecule has 3 aromatic rings. The number of benzene rings is 1. The first-order valence-electron chi connectivity index (χ1n) is 6.69. The minimum atomic E-state index is 0.673. The minimum absolute atomic E-state index is 0.673. The van der Waals surface area contributed by atoms with Gasteiger partial charge in [0.1, 0.15) is 12.2 Å². The Bertz CT molecular complexity index is 732. The Morgan fingerprint density at radius 2 is 1.95 bits per heavy atom. The summed E-state index contributed by atoms with van der Waals surface area (Å²) in [6, 6.07) is 10.0. The van der Waals surface area contributed by atoms with Crippen molar-refractivity contribution in [2.24, 2.45) is 7.05 Å². The van der Waals surface area contributed by atoms with E-state index in [4.69, 9.17) is 0 Å². The van der Waals surface area contributed by atoms with E-state index in [0.29, 0.717) is 6.54 Å². The van der Waals surface area contributed by atoms with Gasteiger partial charge in [0.25, 0.3) is 0 Å². The number of anilines is 1. The molecule has 0 saturated carbocycles. The molecular weight excluding hydrogens is 264 g/mol. The molecule has 2 heterocycles. The van der Waals surface area contributed by atoms with E-state index in [2.05, 4.69) is 25.5 Å². The largest absolute Gasteiger partial charge is 0.379 e. The van der Waals surface area contributed by atoms with Crippen molar-refractivity contribution in [2.75, 3.05) is 5.32 Å². The normalized spacial score (nSPS) is 10.6. The zero-order valence-electron chi connectivity index (χ0n) is 12.0. The highest BCUT2D eigenvalue weighted by atomic mass is 15.2. The van der Waals surface area contributed by atoms with E-state index >= 15 is 0 Å². The zero-order valence-corrected chi connectivity index (χ0v) is 12.0. The fraction of sp³-hybridized carbons (Fsp3) is 0.200. The molecule has 21 heavy (non-hydrogen) atoms. The quantitative estimate of drug-likeness (QED) is 0.793. The molecule has 0 aliphatic carbocycles. The van der Waals surface area contributed by atoms with E-state index in [1.165, 1.54) is 0 Å². The van der Waals surface area contributed by atoms with Gasteiger partial charge in [-0.05, 0) is 37.3 Å². The van der Waals surface area contributed by atoms with E-state index in [-0.39, 0.29) is 0 Å². The van der Waals surface area contributed by atoms with Gasteiger partial charge in [-0.1, -0.05) is 0 Å². The van der Waals surface area contributed by atoms with Crippen LogP contribution in [0.25, 0.3) is 11.4 Å². The second-order valence-electron chi connectivity index (χ2n) is 4.79. The molecule has 6 heteroatoms. The van der Waals surface area contributed by atoms with Crippen LogP contribution in [0.3, 0.4) is 0 Å². The summed E-state index contributed by atoms with van der Waals surface area (Å²) in [7, 11) is 1.93. The highest BCUT2D eigenvalue weighted by Crippen LogP contribution is 2.18. The maximum Gasteiger partial charge on any atom is 0.163 e. The first kappa shape index (κ1) is 13.2. The van der Waals surface area contributed by atoms with Crippen LogP contribution in [0.2, 0.25) is 0 Å². The maximum atomic E-state index is 4.36. The van der Waals surface area contributed by atoms with Gasteiger partial charge in [-0.3, -0.25) is 0 Å². The van der Waals surface area contributed by atoms with E-state index in [1.807, 2.05) is 48.9 Å². The molecule has 0 unspecified atom stereocenters. The number of nitrogens with one attached hydrogen (secondary N) is 1. The second kappa shape index (κ2) is 5.70. The Hall–Kier alpha value is -2.76. The molecule has 0 saturated heterocycles. The zero-order chi connectivity index (χ0) is 14.7. The second-order valence-corrected chi connectivity index (χ2v) is 4.79. The lowest BCUT2D eigenvalue weighted by Crippen LogP contribution is -2.03. The van der Waals surface area contributed by atoms with Crippen molar-refractivity contribution in [2.45, 2.75) is 13.5 Å². The van der Waals surface area contributed by atoms with E-state index in [0.717, 1.165) is 28.6 Å². The van der Waals surface area contributed by atoms with Crippen molar-refractivity contribution in [3.63, 3.8) is 0 Å². The lowest BCUT2D eigenvalue weighted by atomic mass is 10.2. The standard InChI is InChI=1S/C15H16N6/c1-11-16-8-7-14(19-11)9-17-13-5-3-12(4-6-13)15-20-18-10-21(15)2/h3-8,10,17H,9H2,1-2H3. The van der Waals surface area contributed by atoms with Gasteiger partial charge in [0.05, 0.1) is 12.2 Å². The van der Waals surface area contributed by atoms with Crippen molar-refractivity contribution >= 4 is 5.69 Å². The van der Waals surface area contributed by atoms with Gasteiger partial charge in [-0.15, -0.1) is 10.2 Å². The molecule has 1 aromatic carbocycles. The third-order valence-electron chi connectivity index (χ3n) is 3.16. The summed E-state index contributed by atoms with van der Waals surface area (Å²) in [6.45, 7) is 2.56. The lowest BCUT2D eigenvalue weighted by molar-refractivity contribution is 0.919. The fourth-order valence-electron chi connectivity index (χ4n) is 2.08. The third-order valence-corrected chi connectivity index (χ3v) is 3.16. The molecule has 6 nitrogen and oxygen atoms in total. The number of rotatable bonds is 4. The fourth-order valence-corrected chi connectivity index (χ4v) is 2.08. The van der Waals surface area contributed by atoms with Crippen molar-refractivity contribution in [3.05, 3.63) is 54.4 Å². The molecule has 0 amide bonds. The van der Waals surface area contributed by atoms with Crippen LogP contribution >= 0.6 is 0 Å². The van der Waals surface area contributed by atoms with Gasteiger partial charge in [-0.2, -0.15) is 0 Å².